The number of rotatable bonds is 4. The molecule has 0 N–H and O–H groups in total. The zero-order valence-electron chi connectivity index (χ0n) is 13.8. The van der Waals surface area contributed by atoms with Gasteiger partial charge in [0.15, 0.2) is 0 Å². The monoisotopic (exact) mass is 329 g/mol. The normalized spacial score (nSPS) is 30.0. The van der Waals surface area contributed by atoms with Gasteiger partial charge in [-0.1, -0.05) is 0 Å². The summed E-state index contributed by atoms with van der Waals surface area (Å²) in [5.41, 5.74) is 0. The molecule has 24 heavy (non-hydrogen) atoms. The van der Waals surface area contributed by atoms with Crippen LogP contribution in [0, 0.1) is 29.1 Å². The fraction of sp³-hybridized carbons (Fsp3) is 0.667. The van der Waals surface area contributed by atoms with Crippen LogP contribution in [0.4, 0.5) is 0 Å². The molecule has 0 aromatic rings. The van der Waals surface area contributed by atoms with Crippen LogP contribution in [0.15, 0.2) is 12.2 Å². The van der Waals surface area contributed by atoms with Gasteiger partial charge in [0, 0.05) is 44.1 Å². The molecule has 2 fully saturated rings. The minimum absolute atomic E-state index is 0.0604. The molecule has 0 aromatic heterocycles. The first kappa shape index (κ1) is 16.7. The van der Waals surface area contributed by atoms with Gasteiger partial charge in [-0.3, -0.25) is 19.3 Å². The molecule has 1 saturated carbocycles. The van der Waals surface area contributed by atoms with E-state index in [-0.39, 0.29) is 23.6 Å². The van der Waals surface area contributed by atoms with E-state index in [1.54, 1.807) is 0 Å². The average Bonchev–Trinajstić information content (AvgIpc) is 3.17. The van der Waals surface area contributed by atoms with Crippen molar-refractivity contribution in [3.05, 3.63) is 12.2 Å². The summed E-state index contributed by atoms with van der Waals surface area (Å²) in [5, 5.41) is 8.77. The van der Waals surface area contributed by atoms with Gasteiger partial charge >= 0.3 is 0 Å². The van der Waals surface area contributed by atoms with Gasteiger partial charge in [-0.2, -0.15) is 5.26 Å². The molecule has 1 atom stereocenters. The van der Waals surface area contributed by atoms with Crippen LogP contribution < -0.4 is 0 Å². The summed E-state index contributed by atoms with van der Waals surface area (Å²) < 4.78 is 0. The van der Waals surface area contributed by atoms with E-state index >= 15 is 0 Å². The first-order valence-electron chi connectivity index (χ1n) is 8.77. The highest BCUT2D eigenvalue weighted by atomic mass is 16.2. The van der Waals surface area contributed by atoms with Crippen LogP contribution >= 0.6 is 0 Å². The Bertz CT molecular complexity index is 581. The van der Waals surface area contributed by atoms with Crippen LogP contribution in [0.25, 0.3) is 0 Å². The summed E-state index contributed by atoms with van der Waals surface area (Å²) in [5.74, 6) is 0.466. The van der Waals surface area contributed by atoms with Gasteiger partial charge in [0.2, 0.25) is 5.91 Å². The van der Waals surface area contributed by atoms with Crippen molar-refractivity contribution in [2.24, 2.45) is 17.8 Å². The van der Waals surface area contributed by atoms with Crippen molar-refractivity contribution in [1.82, 2.24) is 9.80 Å². The van der Waals surface area contributed by atoms with E-state index in [0.29, 0.717) is 24.8 Å². The zero-order valence-corrected chi connectivity index (χ0v) is 13.8. The van der Waals surface area contributed by atoms with E-state index in [0.717, 1.165) is 45.2 Å². The maximum absolute atomic E-state index is 12.6. The standard InChI is InChI=1S/C18H23N3O3/c19-9-7-14-8-10-20(11-14)18(24)15-3-1-13(2-4-15)12-21-16(22)5-6-17(21)23/h5-6,13-15H,1-4,7-8,10-12H2. The Hall–Kier alpha value is -2.16. The highest BCUT2D eigenvalue weighted by Gasteiger charge is 2.34. The van der Waals surface area contributed by atoms with Crippen LogP contribution in [0.5, 0.6) is 0 Å². The summed E-state index contributed by atoms with van der Waals surface area (Å²) >= 11 is 0. The first-order valence-corrected chi connectivity index (χ1v) is 8.77. The van der Waals surface area contributed by atoms with Gasteiger partial charge in [-0.25, -0.2) is 0 Å². The van der Waals surface area contributed by atoms with Gasteiger partial charge in [-0.15, -0.1) is 0 Å². The largest absolute Gasteiger partial charge is 0.342 e. The minimum atomic E-state index is -0.223. The fourth-order valence-electron chi connectivity index (χ4n) is 4.05. The molecular formula is C18H23N3O3. The quantitative estimate of drug-likeness (QED) is 0.732. The summed E-state index contributed by atoms with van der Waals surface area (Å²) in [4.78, 5) is 39.1. The number of nitriles is 1. The van der Waals surface area contributed by atoms with Crippen molar-refractivity contribution in [2.45, 2.75) is 38.5 Å². The molecular weight excluding hydrogens is 306 g/mol. The van der Waals surface area contributed by atoms with Crippen molar-refractivity contribution >= 4 is 17.7 Å². The van der Waals surface area contributed by atoms with E-state index in [2.05, 4.69) is 6.07 Å². The average molecular weight is 329 g/mol. The van der Waals surface area contributed by atoms with Gasteiger partial charge in [0.1, 0.15) is 0 Å². The zero-order chi connectivity index (χ0) is 17.1. The smallest absolute Gasteiger partial charge is 0.253 e. The van der Waals surface area contributed by atoms with Crippen molar-refractivity contribution in [1.29, 1.82) is 5.26 Å². The fourth-order valence-corrected chi connectivity index (χ4v) is 4.05. The number of imide groups is 1. The third kappa shape index (κ3) is 3.50. The summed E-state index contributed by atoms with van der Waals surface area (Å²) in [6, 6.07) is 2.19. The maximum atomic E-state index is 12.6. The highest BCUT2D eigenvalue weighted by molar-refractivity contribution is 6.12. The van der Waals surface area contributed by atoms with E-state index in [4.69, 9.17) is 5.26 Å². The second-order valence-electron chi connectivity index (χ2n) is 7.14. The summed E-state index contributed by atoms with van der Waals surface area (Å²) in [6.07, 6.45) is 7.51. The Balaban J connectivity index is 1.45. The van der Waals surface area contributed by atoms with Crippen LogP contribution in [0.1, 0.15) is 38.5 Å². The minimum Gasteiger partial charge on any atom is -0.342 e. The van der Waals surface area contributed by atoms with Crippen molar-refractivity contribution in [3.63, 3.8) is 0 Å². The van der Waals surface area contributed by atoms with Gasteiger partial charge in [0.05, 0.1) is 6.07 Å². The molecule has 1 saturated heterocycles. The first-order chi connectivity index (χ1) is 11.6. The number of hydrogen-bond acceptors (Lipinski definition) is 4. The molecule has 0 radical (unpaired) electrons. The van der Waals surface area contributed by atoms with E-state index in [1.165, 1.54) is 17.1 Å². The lowest BCUT2D eigenvalue weighted by molar-refractivity contribution is -0.139. The van der Waals surface area contributed by atoms with E-state index in [1.807, 2.05) is 4.90 Å². The number of hydrogen-bond donors (Lipinski definition) is 0. The third-order valence-electron chi connectivity index (χ3n) is 5.51. The lowest BCUT2D eigenvalue weighted by Gasteiger charge is -2.32. The van der Waals surface area contributed by atoms with Crippen molar-refractivity contribution in [3.8, 4) is 6.07 Å². The summed E-state index contributed by atoms with van der Waals surface area (Å²) in [6.45, 7) is 1.96. The van der Waals surface area contributed by atoms with Crippen LogP contribution in [-0.2, 0) is 14.4 Å². The van der Waals surface area contributed by atoms with E-state index < -0.39 is 0 Å². The molecule has 2 aliphatic heterocycles. The topological polar surface area (TPSA) is 81.5 Å². The van der Waals surface area contributed by atoms with Gasteiger partial charge in [0.25, 0.3) is 11.8 Å². The van der Waals surface area contributed by atoms with Crippen LogP contribution in [-0.4, -0.2) is 47.2 Å². The Morgan fingerprint density at radius 2 is 1.75 bits per heavy atom. The molecule has 128 valence electrons. The second-order valence-corrected chi connectivity index (χ2v) is 7.14. The molecule has 6 nitrogen and oxygen atoms in total. The van der Waals surface area contributed by atoms with E-state index in [9.17, 15) is 14.4 Å². The van der Waals surface area contributed by atoms with Gasteiger partial charge < -0.3 is 4.90 Å². The molecule has 1 unspecified atom stereocenters. The van der Waals surface area contributed by atoms with Crippen molar-refractivity contribution in [2.75, 3.05) is 19.6 Å². The van der Waals surface area contributed by atoms with Crippen molar-refractivity contribution < 1.29 is 14.4 Å². The molecule has 0 bridgehead atoms. The lowest BCUT2D eigenvalue weighted by Crippen LogP contribution is -2.39. The van der Waals surface area contributed by atoms with Crippen LogP contribution in [0.2, 0.25) is 0 Å². The molecule has 1 aliphatic carbocycles. The molecule has 2 heterocycles. The van der Waals surface area contributed by atoms with Gasteiger partial charge in [-0.05, 0) is 43.9 Å². The Morgan fingerprint density at radius 1 is 1.08 bits per heavy atom. The highest BCUT2D eigenvalue weighted by Crippen LogP contribution is 2.32. The number of amides is 3. The van der Waals surface area contributed by atoms with Crippen LogP contribution in [0.3, 0.4) is 0 Å². The predicted octanol–water partition coefficient (Wildman–Crippen LogP) is 1.48. The Labute approximate surface area is 142 Å². The molecule has 3 amide bonds. The maximum Gasteiger partial charge on any atom is 0.253 e. The number of nitrogens with zero attached hydrogens (tertiary/aromatic N) is 3. The molecule has 0 aromatic carbocycles. The third-order valence-corrected chi connectivity index (χ3v) is 5.51. The SMILES string of the molecule is N#CCC1CCN(C(=O)C2CCC(CN3C(=O)C=CC3=O)CC2)C1. The number of carbonyl (C=O) groups is 3. The molecule has 6 heteroatoms. The second kappa shape index (κ2) is 7.16. The molecule has 3 aliphatic rings. The summed E-state index contributed by atoms with van der Waals surface area (Å²) in [7, 11) is 0. The molecule has 0 spiro atoms. The predicted molar refractivity (Wildman–Crippen MR) is 86.2 cm³/mol. The Morgan fingerprint density at radius 3 is 2.38 bits per heavy atom. The number of carbonyl (C=O) groups excluding carboxylic acids is 3. The Kier molecular flexibility index (Phi) is 4.98. The lowest BCUT2D eigenvalue weighted by atomic mass is 9.81. The molecule has 3 rings (SSSR count). The number of likely N-dealkylation sites (tertiary alicyclic amines) is 1.